The number of aryl methyl sites for hydroxylation is 6. The second-order valence-corrected chi connectivity index (χ2v) is 13.7. The van der Waals surface area contributed by atoms with Crippen LogP contribution < -0.4 is 37.7 Å². The first-order chi connectivity index (χ1) is 20.1. The van der Waals surface area contributed by atoms with E-state index in [-0.39, 0.29) is 18.8 Å². The van der Waals surface area contributed by atoms with Gasteiger partial charge in [-0.2, -0.15) is 0 Å². The predicted molar refractivity (Wildman–Crippen MR) is 184 cm³/mol. The van der Waals surface area contributed by atoms with E-state index in [0.29, 0.717) is 0 Å². The average Bonchev–Trinajstić information content (AvgIpc) is 2.93. The molecule has 0 N–H and O–H groups in total. The molecule has 0 atom stereocenters. The number of nitrogens with zero attached hydrogens (tertiary/aromatic N) is 1. The fourth-order valence-corrected chi connectivity index (χ4v) is 9.13. The summed E-state index contributed by atoms with van der Waals surface area (Å²) < 4.78 is 0. The van der Waals surface area contributed by atoms with Crippen molar-refractivity contribution in [1.82, 2.24) is 0 Å². The van der Waals surface area contributed by atoms with Crippen molar-refractivity contribution in [3.63, 3.8) is 0 Å². The van der Waals surface area contributed by atoms with Crippen LogP contribution in [0.2, 0.25) is 0 Å². The number of anilines is 3. The molecule has 5 aromatic rings. The summed E-state index contributed by atoms with van der Waals surface area (Å²) in [5.74, 6) is 0. The SMILES string of the molecule is Cc1cc(C)c(B2c3cccc4c3N3c5c2cccc5C(C)(C)c2cccc(c23)B4c2c(C)cc(C)cc2C)c(C)c1. The fourth-order valence-electron chi connectivity index (χ4n) is 9.13. The minimum absolute atomic E-state index is 0.110. The van der Waals surface area contributed by atoms with E-state index >= 15 is 0 Å². The number of hydrogen-bond acceptors (Lipinski definition) is 1. The van der Waals surface area contributed by atoms with E-state index in [9.17, 15) is 0 Å². The van der Waals surface area contributed by atoms with Gasteiger partial charge in [0.25, 0.3) is 0 Å². The Morgan fingerprint density at radius 3 is 1.19 bits per heavy atom. The smallest absolute Gasteiger partial charge is 0.247 e. The maximum absolute atomic E-state index is 2.68. The largest absolute Gasteiger partial charge is 0.312 e. The van der Waals surface area contributed by atoms with Crippen molar-refractivity contribution < 1.29 is 0 Å². The van der Waals surface area contributed by atoms with Crippen LogP contribution in [0.1, 0.15) is 58.4 Å². The Morgan fingerprint density at radius 1 is 0.476 bits per heavy atom. The van der Waals surface area contributed by atoms with Gasteiger partial charge in [-0.15, -0.1) is 0 Å². The van der Waals surface area contributed by atoms with Crippen LogP contribution in [0.15, 0.2) is 78.9 Å². The van der Waals surface area contributed by atoms with Gasteiger partial charge in [0.2, 0.25) is 13.4 Å². The molecular formula is C39H37B2N. The van der Waals surface area contributed by atoms with Crippen molar-refractivity contribution in [3.05, 3.63) is 123 Å². The second kappa shape index (κ2) is 8.54. The molecule has 3 heterocycles. The van der Waals surface area contributed by atoms with Gasteiger partial charge in [0.05, 0.1) is 0 Å². The molecule has 0 aromatic heterocycles. The standard InChI is InChI=1S/C39H37B2N/c1-22-18-24(3)34(25(4)19-22)40-30-14-9-12-28-36(30)42-37-29(39(28,7)8)13-10-15-31(37)41(33-17-11-16-32(40)38(33)42)35-26(5)20-23(2)21-27(35)6/h9-21H,1-8H3. The summed E-state index contributed by atoms with van der Waals surface area (Å²) in [6, 6.07) is 30.8. The number of para-hydroxylation sites is 3. The summed E-state index contributed by atoms with van der Waals surface area (Å²) in [5, 5.41) is 0. The van der Waals surface area contributed by atoms with Crippen LogP contribution in [-0.4, -0.2) is 13.4 Å². The van der Waals surface area contributed by atoms with Crippen LogP contribution in [-0.2, 0) is 5.41 Å². The Kier molecular flexibility index (Phi) is 5.23. The minimum Gasteiger partial charge on any atom is -0.312 e. The van der Waals surface area contributed by atoms with Gasteiger partial charge >= 0.3 is 0 Å². The van der Waals surface area contributed by atoms with Crippen LogP contribution in [0.4, 0.5) is 17.1 Å². The monoisotopic (exact) mass is 541 g/mol. The first-order valence-corrected chi connectivity index (χ1v) is 15.4. The van der Waals surface area contributed by atoms with Crippen molar-refractivity contribution in [2.75, 3.05) is 4.90 Å². The Morgan fingerprint density at radius 2 is 0.810 bits per heavy atom. The van der Waals surface area contributed by atoms with Crippen molar-refractivity contribution >= 4 is 63.3 Å². The molecule has 0 saturated carbocycles. The van der Waals surface area contributed by atoms with Gasteiger partial charge in [0, 0.05) is 22.5 Å². The zero-order chi connectivity index (χ0) is 29.2. The molecule has 42 heavy (non-hydrogen) atoms. The zero-order valence-electron chi connectivity index (χ0n) is 26.1. The molecular weight excluding hydrogens is 504 g/mol. The van der Waals surface area contributed by atoms with E-state index < -0.39 is 0 Å². The molecule has 0 spiro atoms. The van der Waals surface area contributed by atoms with Crippen LogP contribution >= 0.6 is 0 Å². The molecule has 5 aromatic carbocycles. The zero-order valence-corrected chi connectivity index (χ0v) is 26.1. The molecule has 3 aliphatic rings. The van der Waals surface area contributed by atoms with E-state index in [1.54, 1.807) is 0 Å². The van der Waals surface area contributed by atoms with E-state index in [1.807, 2.05) is 0 Å². The average molecular weight is 541 g/mol. The lowest BCUT2D eigenvalue weighted by molar-refractivity contribution is 0.633. The third-order valence-corrected chi connectivity index (χ3v) is 10.5. The fraction of sp³-hybridized carbons (Fsp3) is 0.231. The molecule has 0 unspecified atom stereocenters. The summed E-state index contributed by atoms with van der Waals surface area (Å²) in [5.41, 5.74) is 23.8. The highest BCUT2D eigenvalue weighted by atomic mass is 15.2. The topological polar surface area (TPSA) is 3.24 Å². The van der Waals surface area contributed by atoms with E-state index in [2.05, 4.69) is 139 Å². The molecule has 1 nitrogen and oxygen atoms in total. The Bertz CT molecular complexity index is 1820. The molecule has 0 aliphatic carbocycles. The lowest BCUT2D eigenvalue weighted by atomic mass is 9.29. The minimum atomic E-state index is -0.110. The van der Waals surface area contributed by atoms with Gasteiger partial charge < -0.3 is 4.90 Å². The molecule has 8 rings (SSSR count). The van der Waals surface area contributed by atoms with E-state index in [0.717, 1.165) is 0 Å². The van der Waals surface area contributed by atoms with Gasteiger partial charge in [0.15, 0.2) is 0 Å². The molecule has 0 fully saturated rings. The highest BCUT2D eigenvalue weighted by Crippen LogP contribution is 2.52. The predicted octanol–water partition coefficient (Wildman–Crippen LogP) is 5.31. The Balaban J connectivity index is 1.55. The van der Waals surface area contributed by atoms with Crippen LogP contribution in [0.3, 0.4) is 0 Å². The maximum atomic E-state index is 2.68. The molecule has 3 heteroatoms. The van der Waals surface area contributed by atoms with Crippen LogP contribution in [0.5, 0.6) is 0 Å². The first kappa shape index (κ1) is 25.7. The van der Waals surface area contributed by atoms with Gasteiger partial charge in [-0.3, -0.25) is 0 Å². The second-order valence-electron chi connectivity index (χ2n) is 13.7. The van der Waals surface area contributed by atoms with Gasteiger partial charge in [-0.25, -0.2) is 0 Å². The molecule has 0 amide bonds. The van der Waals surface area contributed by atoms with Gasteiger partial charge in [0.1, 0.15) is 0 Å². The van der Waals surface area contributed by atoms with Crippen molar-refractivity contribution in [2.45, 2.75) is 60.8 Å². The maximum Gasteiger partial charge on any atom is 0.247 e. The van der Waals surface area contributed by atoms with Crippen molar-refractivity contribution in [3.8, 4) is 0 Å². The van der Waals surface area contributed by atoms with Crippen LogP contribution in [0, 0.1) is 41.5 Å². The lowest BCUT2D eigenvalue weighted by Crippen LogP contribution is -2.67. The van der Waals surface area contributed by atoms with Crippen molar-refractivity contribution in [1.29, 1.82) is 0 Å². The van der Waals surface area contributed by atoms with Gasteiger partial charge in [-0.1, -0.05) is 137 Å². The normalized spacial score (nSPS) is 15.2. The molecule has 0 radical (unpaired) electrons. The van der Waals surface area contributed by atoms with Crippen molar-refractivity contribution in [2.24, 2.45) is 0 Å². The molecule has 0 saturated heterocycles. The van der Waals surface area contributed by atoms with E-state index in [1.165, 1.54) is 94.3 Å². The van der Waals surface area contributed by atoms with Crippen LogP contribution in [0.25, 0.3) is 0 Å². The Labute approximate surface area is 251 Å². The number of hydrogen-bond donors (Lipinski definition) is 0. The Hall–Kier alpha value is -3.97. The summed E-state index contributed by atoms with van der Waals surface area (Å²) in [7, 11) is 0. The lowest BCUT2D eigenvalue weighted by Gasteiger charge is -2.51. The highest BCUT2D eigenvalue weighted by molar-refractivity contribution is 7.02. The summed E-state index contributed by atoms with van der Waals surface area (Å²) in [4.78, 5) is 2.68. The third kappa shape index (κ3) is 3.17. The van der Waals surface area contributed by atoms with Gasteiger partial charge in [-0.05, 0) is 74.5 Å². The number of rotatable bonds is 2. The quantitative estimate of drug-likeness (QED) is 0.269. The molecule has 3 aliphatic heterocycles. The highest BCUT2D eigenvalue weighted by Gasteiger charge is 2.50. The molecule has 204 valence electrons. The summed E-state index contributed by atoms with van der Waals surface area (Å²) >= 11 is 0. The first-order valence-electron chi connectivity index (χ1n) is 15.4. The third-order valence-electron chi connectivity index (χ3n) is 10.5. The molecule has 0 bridgehead atoms. The number of benzene rings is 5. The summed E-state index contributed by atoms with van der Waals surface area (Å²) in [6.07, 6.45) is 0. The van der Waals surface area contributed by atoms with E-state index in [4.69, 9.17) is 0 Å². The summed E-state index contributed by atoms with van der Waals surface area (Å²) in [6.45, 7) is 18.9.